The fraction of sp³-hybridized carbons (Fsp3) is 0.111. The number of pyridine rings is 1. The van der Waals surface area contributed by atoms with E-state index in [0.29, 0.717) is 5.82 Å². The molecule has 0 aliphatic carbocycles. The van der Waals surface area contributed by atoms with Crippen molar-refractivity contribution in [1.82, 2.24) is 4.98 Å². The van der Waals surface area contributed by atoms with Gasteiger partial charge in [0, 0.05) is 22.4 Å². The van der Waals surface area contributed by atoms with E-state index in [9.17, 15) is 0 Å². The zero-order chi connectivity index (χ0) is 21.4. The predicted molar refractivity (Wildman–Crippen MR) is 127 cm³/mol. The van der Waals surface area contributed by atoms with E-state index in [2.05, 4.69) is 73.6 Å². The first-order chi connectivity index (χ1) is 15.1. The van der Waals surface area contributed by atoms with Crippen molar-refractivity contribution >= 4 is 27.7 Å². The lowest BCUT2D eigenvalue weighted by Crippen LogP contribution is -2.08. The molecule has 0 bridgehead atoms. The third-order valence-corrected chi connectivity index (χ3v) is 5.58. The van der Waals surface area contributed by atoms with Gasteiger partial charge in [0.2, 0.25) is 0 Å². The van der Waals surface area contributed by atoms with E-state index in [-0.39, 0.29) is 0 Å². The number of rotatable bonds is 3. The summed E-state index contributed by atoms with van der Waals surface area (Å²) >= 11 is 0. The Balaban J connectivity index is 1.65. The number of hydrogen-bond acceptors (Lipinski definition) is 4. The van der Waals surface area contributed by atoms with Crippen molar-refractivity contribution < 1.29 is 4.42 Å². The summed E-state index contributed by atoms with van der Waals surface area (Å²) in [4.78, 5) is 4.66. The minimum Gasteiger partial charge on any atom is -0.456 e. The highest BCUT2D eigenvalue weighted by Gasteiger charge is 2.08. The van der Waals surface area contributed by atoms with Gasteiger partial charge in [0.25, 0.3) is 0 Å². The lowest BCUT2D eigenvalue weighted by Gasteiger charge is -2.08. The minimum absolute atomic E-state index is 0.702. The monoisotopic (exact) mass is 405 g/mol. The standard InChI is InChI=1S/C27H23N3O/c1-17-8-10-21(11-9-17)25-16-24(22-14-18(2)19(3)15-26(22)31-25)29-30-27-13-12-20-6-4-5-7-23(20)28-27/h4-16H,1-3H3,(H,28,30)/b29-24+. The highest BCUT2D eigenvalue weighted by atomic mass is 16.3. The second-order valence-electron chi connectivity index (χ2n) is 7.91. The third kappa shape index (κ3) is 3.80. The molecule has 0 atom stereocenters. The molecule has 0 spiro atoms. The Kier molecular flexibility index (Phi) is 4.75. The molecule has 2 aromatic heterocycles. The van der Waals surface area contributed by atoms with Crippen LogP contribution < -0.4 is 10.8 Å². The van der Waals surface area contributed by atoms with Crippen molar-refractivity contribution in [3.05, 3.63) is 101 Å². The first-order valence-corrected chi connectivity index (χ1v) is 10.3. The molecule has 5 aromatic rings. The Hall–Kier alpha value is -3.92. The Morgan fingerprint density at radius 2 is 1.58 bits per heavy atom. The molecule has 31 heavy (non-hydrogen) atoms. The molecule has 2 heterocycles. The molecule has 0 radical (unpaired) electrons. The molecule has 4 heteroatoms. The van der Waals surface area contributed by atoms with E-state index in [0.717, 1.165) is 38.6 Å². The largest absolute Gasteiger partial charge is 0.456 e. The van der Waals surface area contributed by atoms with Gasteiger partial charge in [-0.05, 0) is 62.2 Å². The zero-order valence-corrected chi connectivity index (χ0v) is 17.8. The van der Waals surface area contributed by atoms with Crippen LogP contribution in [0.3, 0.4) is 0 Å². The van der Waals surface area contributed by atoms with E-state index in [1.807, 2.05) is 36.4 Å². The van der Waals surface area contributed by atoms with Crippen LogP contribution in [-0.4, -0.2) is 4.98 Å². The van der Waals surface area contributed by atoms with Crippen LogP contribution in [0, 0.1) is 20.8 Å². The highest BCUT2D eigenvalue weighted by molar-refractivity contribution is 5.81. The van der Waals surface area contributed by atoms with Crippen LogP contribution in [0.15, 0.2) is 88.4 Å². The van der Waals surface area contributed by atoms with Crippen LogP contribution in [0.2, 0.25) is 0 Å². The summed E-state index contributed by atoms with van der Waals surface area (Å²) < 4.78 is 6.27. The number of fused-ring (bicyclic) bond motifs is 2. The molecule has 0 aliphatic rings. The number of hydrogen-bond donors (Lipinski definition) is 1. The van der Waals surface area contributed by atoms with Gasteiger partial charge in [-0.2, -0.15) is 5.10 Å². The van der Waals surface area contributed by atoms with E-state index < -0.39 is 0 Å². The average molecular weight is 406 g/mol. The lowest BCUT2D eigenvalue weighted by atomic mass is 10.1. The van der Waals surface area contributed by atoms with Gasteiger partial charge in [0.1, 0.15) is 17.2 Å². The third-order valence-electron chi connectivity index (χ3n) is 5.58. The molecule has 3 aromatic carbocycles. The fourth-order valence-corrected chi connectivity index (χ4v) is 3.62. The highest BCUT2D eigenvalue weighted by Crippen LogP contribution is 2.24. The van der Waals surface area contributed by atoms with Crippen LogP contribution in [0.25, 0.3) is 33.2 Å². The van der Waals surface area contributed by atoms with E-state index in [1.54, 1.807) is 0 Å². The van der Waals surface area contributed by atoms with Gasteiger partial charge >= 0.3 is 0 Å². The van der Waals surface area contributed by atoms with Gasteiger partial charge in [-0.15, -0.1) is 0 Å². The van der Waals surface area contributed by atoms with Crippen LogP contribution in [0.4, 0.5) is 5.82 Å². The average Bonchev–Trinajstić information content (AvgIpc) is 2.78. The van der Waals surface area contributed by atoms with Gasteiger partial charge < -0.3 is 4.42 Å². The van der Waals surface area contributed by atoms with E-state index in [1.165, 1.54) is 16.7 Å². The molecule has 152 valence electrons. The molecule has 0 aliphatic heterocycles. The molecular weight excluding hydrogens is 382 g/mol. The number of anilines is 1. The number of para-hydroxylation sites is 1. The zero-order valence-electron chi connectivity index (χ0n) is 17.8. The number of nitrogens with one attached hydrogen (secondary N) is 1. The van der Waals surface area contributed by atoms with Crippen LogP contribution in [0.1, 0.15) is 16.7 Å². The first-order valence-electron chi connectivity index (χ1n) is 10.3. The molecule has 0 amide bonds. The lowest BCUT2D eigenvalue weighted by molar-refractivity contribution is 0.617. The predicted octanol–water partition coefficient (Wildman–Crippen LogP) is 6.50. The van der Waals surface area contributed by atoms with E-state index >= 15 is 0 Å². The van der Waals surface area contributed by atoms with Crippen molar-refractivity contribution in [2.24, 2.45) is 5.10 Å². The summed E-state index contributed by atoms with van der Waals surface area (Å²) in [5.41, 5.74) is 9.51. The molecular formula is C27H23N3O. The molecule has 0 saturated heterocycles. The smallest absolute Gasteiger partial charge is 0.146 e. The summed E-state index contributed by atoms with van der Waals surface area (Å²) in [7, 11) is 0. The van der Waals surface area contributed by atoms with Crippen LogP contribution in [-0.2, 0) is 0 Å². The Morgan fingerprint density at radius 1 is 0.806 bits per heavy atom. The Bertz CT molecular complexity index is 1480. The number of benzene rings is 3. The quantitative estimate of drug-likeness (QED) is 0.349. The van der Waals surface area contributed by atoms with Gasteiger partial charge in [-0.3, -0.25) is 5.43 Å². The van der Waals surface area contributed by atoms with Gasteiger partial charge in [-0.1, -0.05) is 48.0 Å². The topological polar surface area (TPSA) is 50.4 Å². The second kappa shape index (κ2) is 7.73. The van der Waals surface area contributed by atoms with Crippen molar-refractivity contribution in [1.29, 1.82) is 0 Å². The molecule has 4 nitrogen and oxygen atoms in total. The number of aryl methyl sites for hydroxylation is 3. The minimum atomic E-state index is 0.702. The Labute approximate surface area is 180 Å². The second-order valence-corrected chi connectivity index (χ2v) is 7.91. The SMILES string of the molecule is Cc1ccc(-c2c/c(=N\Nc3ccc4ccccc4n3)c3cc(C)c(C)cc3o2)cc1. The maximum Gasteiger partial charge on any atom is 0.146 e. The summed E-state index contributed by atoms with van der Waals surface area (Å²) in [5.74, 6) is 1.48. The van der Waals surface area contributed by atoms with Crippen molar-refractivity contribution in [2.45, 2.75) is 20.8 Å². The van der Waals surface area contributed by atoms with Gasteiger partial charge in [0.05, 0.1) is 10.9 Å². The van der Waals surface area contributed by atoms with E-state index in [4.69, 9.17) is 9.52 Å². The molecule has 0 unspecified atom stereocenters. The van der Waals surface area contributed by atoms with Gasteiger partial charge in [-0.25, -0.2) is 4.98 Å². The fourth-order valence-electron chi connectivity index (χ4n) is 3.62. The van der Waals surface area contributed by atoms with Crippen LogP contribution in [0.5, 0.6) is 0 Å². The maximum atomic E-state index is 6.27. The molecule has 0 fully saturated rings. The van der Waals surface area contributed by atoms with Crippen molar-refractivity contribution in [3.8, 4) is 11.3 Å². The number of aromatic nitrogens is 1. The number of nitrogens with zero attached hydrogens (tertiary/aromatic N) is 2. The summed E-state index contributed by atoms with van der Waals surface area (Å²) in [6.45, 7) is 6.27. The normalized spacial score (nSPS) is 11.9. The van der Waals surface area contributed by atoms with Crippen molar-refractivity contribution in [2.75, 3.05) is 5.43 Å². The maximum absolute atomic E-state index is 6.27. The molecule has 1 N–H and O–H groups in total. The summed E-state index contributed by atoms with van der Waals surface area (Å²) in [6, 6.07) is 26.5. The van der Waals surface area contributed by atoms with Crippen LogP contribution >= 0.6 is 0 Å². The van der Waals surface area contributed by atoms with Crippen molar-refractivity contribution in [3.63, 3.8) is 0 Å². The summed E-state index contributed by atoms with van der Waals surface area (Å²) in [5, 5.41) is 7.59. The van der Waals surface area contributed by atoms with Gasteiger partial charge in [0.15, 0.2) is 0 Å². The summed E-state index contributed by atoms with van der Waals surface area (Å²) in [6.07, 6.45) is 0. The molecule has 0 saturated carbocycles. The first kappa shape index (κ1) is 19.1. The Morgan fingerprint density at radius 3 is 2.42 bits per heavy atom. The molecule has 5 rings (SSSR count).